The van der Waals surface area contributed by atoms with Gasteiger partial charge in [0, 0.05) is 11.3 Å². The van der Waals surface area contributed by atoms with E-state index >= 15 is 0 Å². The lowest BCUT2D eigenvalue weighted by atomic mass is 10.1. The molecule has 0 saturated carbocycles. The van der Waals surface area contributed by atoms with E-state index in [1.54, 1.807) is 18.2 Å². The van der Waals surface area contributed by atoms with Crippen molar-refractivity contribution in [2.24, 2.45) is 4.40 Å². The summed E-state index contributed by atoms with van der Waals surface area (Å²) in [6.07, 6.45) is 0. The smallest absolute Gasteiger partial charge is 0.284 e. The summed E-state index contributed by atoms with van der Waals surface area (Å²) in [6.45, 7) is 3.99. The lowest BCUT2D eigenvalue weighted by molar-refractivity contribution is 0.598. The Kier molecular flexibility index (Phi) is 5.38. The highest BCUT2D eigenvalue weighted by molar-refractivity contribution is 7.90. The number of amidine groups is 1. The van der Waals surface area contributed by atoms with Crippen molar-refractivity contribution in [1.82, 2.24) is 0 Å². The van der Waals surface area contributed by atoms with Crippen molar-refractivity contribution in [3.8, 4) is 0 Å². The fourth-order valence-corrected chi connectivity index (χ4v) is 4.15. The maximum Gasteiger partial charge on any atom is 0.284 e. The van der Waals surface area contributed by atoms with E-state index in [-0.39, 0.29) is 10.7 Å². The zero-order valence-electron chi connectivity index (χ0n) is 16.8. The van der Waals surface area contributed by atoms with Crippen LogP contribution in [0, 0.1) is 13.8 Å². The summed E-state index contributed by atoms with van der Waals surface area (Å²) < 4.78 is 30.5. The van der Waals surface area contributed by atoms with Gasteiger partial charge in [0.25, 0.3) is 10.0 Å². The second-order valence-corrected chi connectivity index (χ2v) is 8.89. The van der Waals surface area contributed by atoms with Gasteiger partial charge in [-0.05, 0) is 48.9 Å². The van der Waals surface area contributed by atoms with Crippen molar-refractivity contribution in [3.05, 3.63) is 108 Å². The van der Waals surface area contributed by atoms with Crippen LogP contribution in [0.4, 0.5) is 5.69 Å². The van der Waals surface area contributed by atoms with Gasteiger partial charge in [0.15, 0.2) is 5.84 Å². The molecule has 0 unspecified atom stereocenters. The van der Waals surface area contributed by atoms with Gasteiger partial charge in [-0.2, -0.15) is 8.42 Å². The van der Waals surface area contributed by atoms with Crippen LogP contribution in [0.15, 0.2) is 100 Å². The van der Waals surface area contributed by atoms with Crippen LogP contribution in [-0.2, 0) is 10.0 Å². The van der Waals surface area contributed by atoms with Crippen molar-refractivity contribution in [1.29, 1.82) is 0 Å². The van der Waals surface area contributed by atoms with E-state index in [1.807, 2.05) is 86.6 Å². The van der Waals surface area contributed by atoms with Gasteiger partial charge in [0.2, 0.25) is 0 Å². The Morgan fingerprint density at radius 2 is 1.33 bits per heavy atom. The molecule has 4 aromatic carbocycles. The molecule has 5 heteroatoms. The van der Waals surface area contributed by atoms with E-state index in [1.165, 1.54) is 0 Å². The Balaban J connectivity index is 1.79. The molecule has 0 aliphatic heterocycles. The summed E-state index contributed by atoms with van der Waals surface area (Å²) in [5, 5.41) is 5.02. The summed E-state index contributed by atoms with van der Waals surface area (Å²) in [6, 6.07) is 28.1. The van der Waals surface area contributed by atoms with Crippen LogP contribution in [0.25, 0.3) is 10.8 Å². The normalized spacial score (nSPS) is 12.1. The minimum absolute atomic E-state index is 0.163. The number of benzene rings is 4. The minimum atomic E-state index is -3.91. The first kappa shape index (κ1) is 19.9. The lowest BCUT2D eigenvalue weighted by Crippen LogP contribution is -2.16. The summed E-state index contributed by atoms with van der Waals surface area (Å²) >= 11 is 0. The predicted octanol–water partition coefficient (Wildman–Crippen LogP) is 5.70. The quantitative estimate of drug-likeness (QED) is 0.344. The van der Waals surface area contributed by atoms with Crippen LogP contribution in [0.1, 0.15) is 16.7 Å². The van der Waals surface area contributed by atoms with Crippen molar-refractivity contribution in [2.45, 2.75) is 18.7 Å². The highest BCUT2D eigenvalue weighted by Crippen LogP contribution is 2.22. The van der Waals surface area contributed by atoms with Gasteiger partial charge < -0.3 is 5.32 Å². The number of hydrogen-bond acceptors (Lipinski definition) is 2. The Labute approximate surface area is 177 Å². The van der Waals surface area contributed by atoms with Crippen molar-refractivity contribution in [3.63, 3.8) is 0 Å². The molecule has 30 heavy (non-hydrogen) atoms. The van der Waals surface area contributed by atoms with E-state index in [0.29, 0.717) is 5.56 Å². The van der Waals surface area contributed by atoms with E-state index in [9.17, 15) is 8.42 Å². The number of hydrogen-bond donors (Lipinski definition) is 1. The first-order chi connectivity index (χ1) is 14.4. The Hall–Kier alpha value is -3.44. The number of fused-ring (bicyclic) bond motifs is 1. The zero-order valence-corrected chi connectivity index (χ0v) is 17.6. The van der Waals surface area contributed by atoms with Crippen LogP contribution in [-0.4, -0.2) is 14.3 Å². The molecule has 0 aliphatic rings. The molecule has 0 radical (unpaired) electrons. The van der Waals surface area contributed by atoms with Crippen molar-refractivity contribution < 1.29 is 8.42 Å². The fourth-order valence-electron chi connectivity index (χ4n) is 3.13. The summed E-state index contributed by atoms with van der Waals surface area (Å²) in [4.78, 5) is 0.163. The molecule has 0 fully saturated rings. The molecule has 0 spiro atoms. The molecule has 0 amide bonds. The molecular weight excluding hydrogens is 392 g/mol. The van der Waals surface area contributed by atoms with Gasteiger partial charge >= 0.3 is 0 Å². The van der Waals surface area contributed by atoms with Crippen molar-refractivity contribution >= 4 is 32.3 Å². The Morgan fingerprint density at radius 3 is 2.00 bits per heavy atom. The zero-order chi connectivity index (χ0) is 21.1. The summed E-state index contributed by atoms with van der Waals surface area (Å²) in [5.74, 6) is 0.284. The molecule has 1 N–H and O–H groups in total. The number of aryl methyl sites for hydroxylation is 2. The lowest BCUT2D eigenvalue weighted by Gasteiger charge is -2.12. The molecule has 4 rings (SSSR count). The molecule has 0 atom stereocenters. The fraction of sp³-hybridized carbons (Fsp3) is 0.0800. The minimum Gasteiger partial charge on any atom is -0.339 e. The van der Waals surface area contributed by atoms with E-state index < -0.39 is 10.0 Å². The first-order valence-electron chi connectivity index (χ1n) is 9.65. The van der Waals surface area contributed by atoms with Crippen LogP contribution in [0.5, 0.6) is 0 Å². The standard InChI is InChI=1S/C25H22N2O2S/c1-18-7-11-21(12-8-18)25(26-23-14-9-19(2)10-15-23)27-30(28,29)24-16-13-20-5-3-4-6-22(20)17-24/h3-17H,1-2H3,(H,26,27). The van der Waals surface area contributed by atoms with Gasteiger partial charge in [-0.25, -0.2) is 0 Å². The monoisotopic (exact) mass is 414 g/mol. The van der Waals surface area contributed by atoms with E-state index in [0.717, 1.165) is 27.6 Å². The molecule has 0 saturated heterocycles. The van der Waals surface area contributed by atoms with Gasteiger partial charge in [0.1, 0.15) is 0 Å². The molecule has 0 aliphatic carbocycles. The second-order valence-electron chi connectivity index (χ2n) is 7.28. The third-order valence-corrected chi connectivity index (χ3v) is 6.14. The number of nitrogens with zero attached hydrogens (tertiary/aromatic N) is 1. The van der Waals surface area contributed by atoms with Crippen LogP contribution in [0.3, 0.4) is 0 Å². The SMILES string of the molecule is Cc1ccc(N/C(=N/S(=O)(=O)c2ccc3ccccc3c2)c2ccc(C)cc2)cc1. The van der Waals surface area contributed by atoms with Gasteiger partial charge in [-0.15, -0.1) is 4.40 Å². The van der Waals surface area contributed by atoms with E-state index in [2.05, 4.69) is 9.71 Å². The maximum atomic E-state index is 13.1. The average Bonchev–Trinajstić information content (AvgIpc) is 2.75. The highest BCUT2D eigenvalue weighted by atomic mass is 32.2. The predicted molar refractivity (Wildman–Crippen MR) is 124 cm³/mol. The Bertz CT molecular complexity index is 1320. The Morgan fingerprint density at radius 1 is 0.733 bits per heavy atom. The second kappa shape index (κ2) is 8.13. The van der Waals surface area contributed by atoms with Crippen molar-refractivity contribution in [2.75, 3.05) is 5.32 Å². The number of nitrogens with one attached hydrogen (secondary N) is 1. The molecule has 0 aromatic heterocycles. The third-order valence-electron chi connectivity index (χ3n) is 4.87. The first-order valence-corrected chi connectivity index (χ1v) is 11.1. The molecule has 0 heterocycles. The molecule has 4 nitrogen and oxygen atoms in total. The average molecular weight is 415 g/mol. The van der Waals surface area contributed by atoms with Crippen LogP contribution in [0.2, 0.25) is 0 Å². The highest BCUT2D eigenvalue weighted by Gasteiger charge is 2.16. The molecule has 0 bridgehead atoms. The molecule has 150 valence electrons. The summed E-state index contributed by atoms with van der Waals surface area (Å²) in [7, 11) is -3.91. The largest absolute Gasteiger partial charge is 0.339 e. The van der Waals surface area contributed by atoms with Gasteiger partial charge in [-0.1, -0.05) is 77.9 Å². The van der Waals surface area contributed by atoms with E-state index in [4.69, 9.17) is 0 Å². The number of anilines is 1. The molecular formula is C25H22N2O2S. The molecule has 4 aromatic rings. The van der Waals surface area contributed by atoms with Crippen LogP contribution >= 0.6 is 0 Å². The van der Waals surface area contributed by atoms with Gasteiger partial charge in [0.05, 0.1) is 4.90 Å². The van der Waals surface area contributed by atoms with Crippen LogP contribution < -0.4 is 5.32 Å². The summed E-state index contributed by atoms with van der Waals surface area (Å²) in [5.41, 5.74) is 3.68. The topological polar surface area (TPSA) is 58.5 Å². The third kappa shape index (κ3) is 4.42. The van der Waals surface area contributed by atoms with Gasteiger partial charge in [-0.3, -0.25) is 0 Å². The maximum absolute atomic E-state index is 13.1. The number of sulfonamides is 1. The number of rotatable bonds is 4.